The standard InChI is InChI=1S/C12H18N4O4/c1-8-11(16(19)20)9(2)15(13-8)7-10-3-5-14(6-4-10)12(17)18/h10H,3-7H2,1-2H3,(H,17,18). The quantitative estimate of drug-likeness (QED) is 0.672. The fourth-order valence-electron chi connectivity index (χ4n) is 2.68. The van der Waals surface area contributed by atoms with Crippen molar-refractivity contribution in [2.24, 2.45) is 5.92 Å². The van der Waals surface area contributed by atoms with Gasteiger partial charge in [-0.05, 0) is 32.6 Å². The van der Waals surface area contributed by atoms with Crippen LogP contribution >= 0.6 is 0 Å². The number of carbonyl (C=O) groups is 1. The average molecular weight is 282 g/mol. The number of amides is 1. The third kappa shape index (κ3) is 2.73. The molecule has 0 aliphatic carbocycles. The van der Waals surface area contributed by atoms with E-state index in [0.29, 0.717) is 36.9 Å². The molecule has 1 aliphatic heterocycles. The van der Waals surface area contributed by atoms with E-state index in [1.54, 1.807) is 18.5 Å². The molecule has 0 unspecified atom stereocenters. The van der Waals surface area contributed by atoms with Crippen molar-refractivity contribution in [2.45, 2.75) is 33.2 Å². The first kappa shape index (κ1) is 14.3. The van der Waals surface area contributed by atoms with Crippen LogP contribution in [0.5, 0.6) is 0 Å². The lowest BCUT2D eigenvalue weighted by Crippen LogP contribution is -2.38. The molecule has 2 heterocycles. The van der Waals surface area contributed by atoms with E-state index >= 15 is 0 Å². The summed E-state index contributed by atoms with van der Waals surface area (Å²) in [5, 5.41) is 24.1. The number of aromatic nitrogens is 2. The summed E-state index contributed by atoms with van der Waals surface area (Å²) in [5.74, 6) is 0.309. The second-order valence-corrected chi connectivity index (χ2v) is 5.17. The van der Waals surface area contributed by atoms with Gasteiger partial charge in [-0.1, -0.05) is 0 Å². The van der Waals surface area contributed by atoms with Gasteiger partial charge in [0.1, 0.15) is 11.4 Å². The number of likely N-dealkylation sites (tertiary alicyclic amines) is 1. The normalized spacial score (nSPS) is 16.4. The van der Waals surface area contributed by atoms with Gasteiger partial charge in [0, 0.05) is 19.6 Å². The summed E-state index contributed by atoms with van der Waals surface area (Å²) in [4.78, 5) is 22.8. The molecule has 1 aromatic rings. The summed E-state index contributed by atoms with van der Waals surface area (Å²) < 4.78 is 1.68. The zero-order chi connectivity index (χ0) is 14.9. The van der Waals surface area contributed by atoms with Crippen LogP contribution in [0.4, 0.5) is 10.5 Å². The lowest BCUT2D eigenvalue weighted by molar-refractivity contribution is -0.386. The summed E-state index contributed by atoms with van der Waals surface area (Å²) in [6, 6.07) is 0. The van der Waals surface area contributed by atoms with Gasteiger partial charge in [0.2, 0.25) is 0 Å². The molecule has 1 saturated heterocycles. The SMILES string of the molecule is Cc1nn(CC2CCN(C(=O)O)CC2)c(C)c1[N+](=O)[O-]. The summed E-state index contributed by atoms with van der Waals surface area (Å²) in [6.45, 7) is 4.97. The summed E-state index contributed by atoms with van der Waals surface area (Å²) >= 11 is 0. The fraction of sp³-hybridized carbons (Fsp3) is 0.667. The first-order valence-corrected chi connectivity index (χ1v) is 6.56. The topological polar surface area (TPSA) is 102 Å². The summed E-state index contributed by atoms with van der Waals surface area (Å²) in [6.07, 6.45) is 0.641. The molecule has 1 fully saturated rings. The van der Waals surface area contributed by atoms with E-state index in [-0.39, 0.29) is 5.69 Å². The number of hydrogen-bond acceptors (Lipinski definition) is 4. The van der Waals surface area contributed by atoms with Gasteiger partial charge in [-0.2, -0.15) is 5.10 Å². The average Bonchev–Trinajstić information content (AvgIpc) is 2.65. The molecule has 1 aromatic heterocycles. The first-order chi connectivity index (χ1) is 9.40. The Labute approximate surface area is 116 Å². The molecule has 0 radical (unpaired) electrons. The molecule has 0 saturated carbocycles. The van der Waals surface area contributed by atoms with E-state index in [0.717, 1.165) is 12.8 Å². The Morgan fingerprint density at radius 1 is 1.45 bits per heavy atom. The van der Waals surface area contributed by atoms with Crippen LogP contribution in [0.25, 0.3) is 0 Å². The maximum Gasteiger partial charge on any atom is 0.407 e. The van der Waals surface area contributed by atoms with Gasteiger partial charge in [-0.3, -0.25) is 14.8 Å². The zero-order valence-corrected chi connectivity index (χ0v) is 11.6. The highest BCUT2D eigenvalue weighted by atomic mass is 16.6. The highest BCUT2D eigenvalue weighted by molar-refractivity contribution is 5.64. The second-order valence-electron chi connectivity index (χ2n) is 5.17. The molecule has 8 heteroatoms. The lowest BCUT2D eigenvalue weighted by atomic mass is 9.97. The largest absolute Gasteiger partial charge is 0.465 e. The number of aryl methyl sites for hydroxylation is 1. The van der Waals surface area contributed by atoms with Gasteiger partial charge >= 0.3 is 11.8 Å². The van der Waals surface area contributed by atoms with Crippen molar-refractivity contribution in [3.63, 3.8) is 0 Å². The van der Waals surface area contributed by atoms with E-state index in [1.165, 1.54) is 4.90 Å². The number of hydrogen-bond donors (Lipinski definition) is 1. The molecule has 0 atom stereocenters. The van der Waals surface area contributed by atoms with E-state index in [1.807, 2.05) is 0 Å². The third-order valence-electron chi connectivity index (χ3n) is 3.84. The Kier molecular flexibility index (Phi) is 3.91. The Morgan fingerprint density at radius 2 is 2.05 bits per heavy atom. The van der Waals surface area contributed by atoms with Gasteiger partial charge in [-0.25, -0.2) is 4.79 Å². The minimum absolute atomic E-state index is 0.0768. The Balaban J connectivity index is 2.03. The second kappa shape index (κ2) is 5.48. The van der Waals surface area contributed by atoms with Gasteiger partial charge in [-0.15, -0.1) is 0 Å². The van der Waals surface area contributed by atoms with Crippen molar-refractivity contribution in [1.82, 2.24) is 14.7 Å². The van der Waals surface area contributed by atoms with Crippen molar-refractivity contribution in [3.8, 4) is 0 Å². The summed E-state index contributed by atoms with van der Waals surface area (Å²) in [5.41, 5.74) is 1.07. The summed E-state index contributed by atoms with van der Waals surface area (Å²) in [7, 11) is 0. The molecule has 1 aliphatic rings. The molecule has 110 valence electrons. The van der Waals surface area contributed by atoms with Gasteiger partial charge in [0.15, 0.2) is 0 Å². The van der Waals surface area contributed by atoms with Crippen molar-refractivity contribution in [2.75, 3.05) is 13.1 Å². The maximum atomic E-state index is 10.9. The number of carboxylic acid groups (broad SMARTS) is 1. The third-order valence-corrected chi connectivity index (χ3v) is 3.84. The number of rotatable bonds is 3. The van der Waals surface area contributed by atoms with Crippen molar-refractivity contribution < 1.29 is 14.8 Å². The van der Waals surface area contributed by atoms with E-state index < -0.39 is 11.0 Å². The van der Waals surface area contributed by atoms with Crippen molar-refractivity contribution >= 4 is 11.8 Å². The Bertz CT molecular complexity index is 532. The van der Waals surface area contributed by atoms with Crippen LogP contribution in [0.1, 0.15) is 24.2 Å². The maximum absolute atomic E-state index is 10.9. The monoisotopic (exact) mass is 282 g/mol. The number of nitro groups is 1. The molecular formula is C12H18N4O4. The highest BCUT2D eigenvalue weighted by Gasteiger charge is 2.26. The number of piperidine rings is 1. The van der Waals surface area contributed by atoms with Crippen LogP contribution in [0, 0.1) is 29.9 Å². The van der Waals surface area contributed by atoms with Crippen LogP contribution < -0.4 is 0 Å². The Morgan fingerprint density at radius 3 is 2.50 bits per heavy atom. The molecular weight excluding hydrogens is 264 g/mol. The predicted molar refractivity (Wildman–Crippen MR) is 70.7 cm³/mol. The van der Waals surface area contributed by atoms with Gasteiger partial charge in [0.25, 0.3) is 0 Å². The van der Waals surface area contributed by atoms with Crippen LogP contribution in [0.15, 0.2) is 0 Å². The molecule has 0 bridgehead atoms. The highest BCUT2D eigenvalue weighted by Crippen LogP contribution is 2.25. The molecule has 0 aromatic carbocycles. The van der Waals surface area contributed by atoms with E-state index in [2.05, 4.69) is 5.10 Å². The van der Waals surface area contributed by atoms with Crippen molar-refractivity contribution in [1.29, 1.82) is 0 Å². The fourth-order valence-corrected chi connectivity index (χ4v) is 2.68. The minimum atomic E-state index is -0.884. The van der Waals surface area contributed by atoms with E-state index in [9.17, 15) is 14.9 Å². The minimum Gasteiger partial charge on any atom is -0.465 e. The smallest absolute Gasteiger partial charge is 0.407 e. The Hall–Kier alpha value is -2.12. The predicted octanol–water partition coefficient (Wildman–Crippen LogP) is 1.80. The lowest BCUT2D eigenvalue weighted by Gasteiger charge is -2.29. The molecule has 1 N–H and O–H groups in total. The zero-order valence-electron chi connectivity index (χ0n) is 11.6. The van der Waals surface area contributed by atoms with Gasteiger partial charge in [0.05, 0.1) is 4.92 Å². The molecule has 2 rings (SSSR count). The molecule has 8 nitrogen and oxygen atoms in total. The molecule has 0 spiro atoms. The van der Waals surface area contributed by atoms with Crippen molar-refractivity contribution in [3.05, 3.63) is 21.5 Å². The van der Waals surface area contributed by atoms with Gasteiger partial charge < -0.3 is 10.0 Å². The van der Waals surface area contributed by atoms with Crippen LogP contribution in [-0.2, 0) is 6.54 Å². The number of nitrogens with zero attached hydrogens (tertiary/aromatic N) is 4. The first-order valence-electron chi connectivity index (χ1n) is 6.56. The van der Waals surface area contributed by atoms with Crippen LogP contribution in [0.2, 0.25) is 0 Å². The van der Waals surface area contributed by atoms with Crippen LogP contribution in [0.3, 0.4) is 0 Å². The molecule has 20 heavy (non-hydrogen) atoms. The van der Waals surface area contributed by atoms with Crippen LogP contribution in [-0.4, -0.2) is 43.9 Å². The van der Waals surface area contributed by atoms with E-state index in [4.69, 9.17) is 5.11 Å². The molecule has 1 amide bonds.